The monoisotopic (exact) mass is 420 g/mol. The van der Waals surface area contributed by atoms with E-state index in [4.69, 9.17) is 41.2 Å². The molecule has 0 aliphatic carbocycles. The number of Topliss-reactive ketones (excluding diaryl/α,β-unsaturated/α-hetero) is 2. The van der Waals surface area contributed by atoms with Gasteiger partial charge in [0.1, 0.15) is 12.2 Å². The fourth-order valence-electron chi connectivity index (χ4n) is 1.62. The lowest BCUT2D eigenvalue weighted by Crippen LogP contribution is -2.35. The first-order valence-electron chi connectivity index (χ1n) is 6.55. The number of aliphatic hydroxyl groups excluding tert-OH is 6. The highest BCUT2D eigenvalue weighted by molar-refractivity contribution is 6.65. The highest BCUT2D eigenvalue weighted by atomic mass is 17.0. The minimum absolute atomic E-state index is 0. The van der Waals surface area contributed by atoms with Gasteiger partial charge in [0.2, 0.25) is 5.76 Å². The van der Waals surface area contributed by atoms with Crippen molar-refractivity contribution in [3.05, 3.63) is 11.5 Å². The lowest BCUT2D eigenvalue weighted by molar-refractivity contribution is -0.176. The summed E-state index contributed by atoms with van der Waals surface area (Å²) in [6.45, 7) is -1.41. The molecule has 2 heterocycles. The van der Waals surface area contributed by atoms with Crippen molar-refractivity contribution >= 4 is 23.5 Å². The molecule has 0 spiro atoms. The Morgan fingerprint density at radius 3 is 1.46 bits per heavy atom. The standard InChI is InChI=1S/C6H8O6.C6H6O6.H2O2.2H2O/c2*7-1-2(8)5-3(9)4(10)6(11)12-5;1-2;;/h2,5,7-10H,1H2;2,5,7-8H,1H2;1-2H;2*1H2/t2*2-,5+;;;/m00.../s1. The van der Waals surface area contributed by atoms with E-state index >= 15 is 0 Å². The lowest BCUT2D eigenvalue weighted by atomic mass is 10.1. The third-order valence-electron chi connectivity index (χ3n) is 2.91. The third kappa shape index (κ3) is 6.79. The molecular formula is C12H20O16. The number of carbonyl (C=O) groups is 4. The van der Waals surface area contributed by atoms with Crippen LogP contribution in [-0.4, -0.2) is 113 Å². The normalized spacial score (nSPS) is 22.4. The molecule has 0 unspecified atom stereocenters. The maximum atomic E-state index is 10.7. The van der Waals surface area contributed by atoms with Crippen LogP contribution in [0.3, 0.4) is 0 Å². The van der Waals surface area contributed by atoms with E-state index in [0.29, 0.717) is 0 Å². The van der Waals surface area contributed by atoms with Crippen LogP contribution in [0.25, 0.3) is 0 Å². The Kier molecular flexibility index (Phi) is 14.4. The Morgan fingerprint density at radius 1 is 0.786 bits per heavy atom. The topological polar surface area (TPSA) is 312 Å². The molecule has 0 saturated carbocycles. The molecule has 28 heavy (non-hydrogen) atoms. The first-order chi connectivity index (χ1) is 12.1. The molecule has 1 fully saturated rings. The average Bonchev–Trinajstić information content (AvgIpc) is 3.07. The highest BCUT2D eigenvalue weighted by Gasteiger charge is 2.45. The van der Waals surface area contributed by atoms with Crippen LogP contribution < -0.4 is 0 Å². The van der Waals surface area contributed by atoms with E-state index < -0.39 is 72.7 Å². The van der Waals surface area contributed by atoms with Gasteiger partial charge in [0.15, 0.2) is 18.0 Å². The van der Waals surface area contributed by atoms with Crippen LogP contribution in [0.4, 0.5) is 0 Å². The van der Waals surface area contributed by atoms with Gasteiger partial charge in [-0.3, -0.25) is 20.1 Å². The molecule has 16 nitrogen and oxygen atoms in total. The van der Waals surface area contributed by atoms with E-state index in [1.807, 2.05) is 0 Å². The molecule has 0 radical (unpaired) electrons. The van der Waals surface area contributed by atoms with E-state index in [1.54, 1.807) is 0 Å². The summed E-state index contributed by atoms with van der Waals surface area (Å²) in [6, 6.07) is 0. The molecule has 4 atom stereocenters. The Balaban J connectivity index is -0.000000385. The van der Waals surface area contributed by atoms with Crippen LogP contribution in [0.15, 0.2) is 11.5 Å². The van der Waals surface area contributed by atoms with E-state index in [2.05, 4.69) is 9.47 Å². The number of ketones is 2. The molecule has 16 heteroatoms. The van der Waals surface area contributed by atoms with Gasteiger partial charge in [0.05, 0.1) is 13.2 Å². The SMILES string of the molecule is O.O.O=C1O[C@H]([C@@H](O)CO)C(=O)C1=O.O=C1O[C@H]([C@@H](O)CO)C(O)=C1O.OO. The van der Waals surface area contributed by atoms with Gasteiger partial charge in [0, 0.05) is 0 Å². The molecule has 0 aromatic rings. The van der Waals surface area contributed by atoms with Crippen molar-refractivity contribution < 1.29 is 80.8 Å². The van der Waals surface area contributed by atoms with Crippen LogP contribution in [-0.2, 0) is 28.7 Å². The zero-order valence-corrected chi connectivity index (χ0v) is 13.8. The number of ether oxygens (including phenoxy) is 2. The van der Waals surface area contributed by atoms with Gasteiger partial charge in [-0.25, -0.2) is 9.59 Å². The van der Waals surface area contributed by atoms with Crippen molar-refractivity contribution in [2.75, 3.05) is 13.2 Å². The van der Waals surface area contributed by atoms with Crippen molar-refractivity contribution in [1.29, 1.82) is 0 Å². The number of cyclic esters (lactones) is 2. The summed E-state index contributed by atoms with van der Waals surface area (Å²) in [5.41, 5.74) is 0. The maximum Gasteiger partial charge on any atom is 0.383 e. The van der Waals surface area contributed by atoms with E-state index in [1.165, 1.54) is 0 Å². The van der Waals surface area contributed by atoms with Gasteiger partial charge in [-0.1, -0.05) is 0 Å². The summed E-state index contributed by atoms with van der Waals surface area (Å²) in [5.74, 6) is -6.45. The van der Waals surface area contributed by atoms with E-state index in [0.717, 1.165) is 0 Å². The Bertz CT molecular complexity index is 572. The summed E-state index contributed by atoms with van der Waals surface area (Å²) in [7, 11) is 0. The van der Waals surface area contributed by atoms with Crippen LogP contribution in [0, 0.1) is 0 Å². The van der Waals surface area contributed by atoms with Crippen LogP contribution >= 0.6 is 0 Å². The van der Waals surface area contributed by atoms with Crippen LogP contribution in [0.5, 0.6) is 0 Å². The Labute approximate surface area is 154 Å². The van der Waals surface area contributed by atoms with Crippen molar-refractivity contribution in [3.63, 3.8) is 0 Å². The fourth-order valence-corrected chi connectivity index (χ4v) is 1.62. The second kappa shape index (κ2) is 13.5. The smallest absolute Gasteiger partial charge is 0.383 e. The minimum Gasteiger partial charge on any atom is -0.505 e. The second-order valence-electron chi connectivity index (χ2n) is 4.58. The Morgan fingerprint density at radius 2 is 1.18 bits per heavy atom. The molecular weight excluding hydrogens is 400 g/mol. The van der Waals surface area contributed by atoms with Crippen molar-refractivity contribution in [3.8, 4) is 0 Å². The molecule has 0 aromatic heterocycles. The number of rotatable bonds is 4. The summed E-state index contributed by atoms with van der Waals surface area (Å²) in [6.07, 6.45) is -5.83. The molecule has 0 aromatic carbocycles. The Hall–Kier alpha value is -2.70. The van der Waals surface area contributed by atoms with Gasteiger partial charge >= 0.3 is 17.7 Å². The molecule has 2 rings (SSSR count). The molecule has 2 aliphatic rings. The third-order valence-corrected chi connectivity index (χ3v) is 2.91. The number of hydrogen-bond donors (Lipinski definition) is 8. The van der Waals surface area contributed by atoms with Crippen LogP contribution in [0.1, 0.15) is 0 Å². The zero-order chi connectivity index (χ0) is 20.6. The fraction of sp³-hybridized carbons (Fsp3) is 0.500. The van der Waals surface area contributed by atoms with Gasteiger partial charge in [0.25, 0.3) is 5.78 Å². The number of aliphatic hydroxyl groups is 6. The molecule has 2 aliphatic heterocycles. The molecule has 0 bridgehead atoms. The number of carbonyl (C=O) groups excluding carboxylic acids is 4. The molecule has 1 saturated heterocycles. The van der Waals surface area contributed by atoms with Crippen molar-refractivity contribution in [1.82, 2.24) is 0 Å². The predicted octanol–water partition coefficient (Wildman–Crippen LogP) is -5.64. The zero-order valence-electron chi connectivity index (χ0n) is 13.8. The second-order valence-corrected chi connectivity index (χ2v) is 4.58. The summed E-state index contributed by atoms with van der Waals surface area (Å²) in [4.78, 5) is 42.2. The molecule has 12 N–H and O–H groups in total. The van der Waals surface area contributed by atoms with Crippen molar-refractivity contribution in [2.45, 2.75) is 24.4 Å². The first kappa shape index (κ1) is 30.0. The van der Waals surface area contributed by atoms with E-state index in [9.17, 15) is 19.2 Å². The number of hydrogen-bond acceptors (Lipinski definition) is 14. The minimum atomic E-state index is -1.53. The summed E-state index contributed by atoms with van der Waals surface area (Å²) < 4.78 is 8.51. The highest BCUT2D eigenvalue weighted by Crippen LogP contribution is 2.20. The predicted molar refractivity (Wildman–Crippen MR) is 80.7 cm³/mol. The average molecular weight is 420 g/mol. The van der Waals surface area contributed by atoms with Gasteiger partial charge in [-0.05, 0) is 0 Å². The van der Waals surface area contributed by atoms with Gasteiger partial charge < -0.3 is 51.1 Å². The molecule has 164 valence electrons. The quantitative estimate of drug-likeness (QED) is 0.0909. The van der Waals surface area contributed by atoms with Crippen LogP contribution in [0.2, 0.25) is 0 Å². The van der Waals surface area contributed by atoms with Gasteiger partial charge in [-0.2, -0.15) is 0 Å². The van der Waals surface area contributed by atoms with Crippen molar-refractivity contribution in [2.24, 2.45) is 0 Å². The first-order valence-corrected chi connectivity index (χ1v) is 6.55. The summed E-state index contributed by atoms with van der Waals surface area (Å²) in [5, 5.41) is 64.3. The van der Waals surface area contributed by atoms with Gasteiger partial charge in [-0.15, -0.1) is 0 Å². The molecule has 0 amide bonds. The largest absolute Gasteiger partial charge is 0.505 e. The summed E-state index contributed by atoms with van der Waals surface area (Å²) >= 11 is 0. The lowest BCUT2D eigenvalue weighted by Gasteiger charge is -2.13. The number of esters is 2. The maximum absolute atomic E-state index is 10.7. The van der Waals surface area contributed by atoms with E-state index in [-0.39, 0.29) is 11.0 Å².